The molecule has 4 N–H and O–H groups in total. The van der Waals surface area contributed by atoms with E-state index in [9.17, 15) is 4.79 Å². The van der Waals surface area contributed by atoms with E-state index >= 15 is 0 Å². The zero-order chi connectivity index (χ0) is 17.8. The summed E-state index contributed by atoms with van der Waals surface area (Å²) in [5.74, 6) is 0.347. The second kappa shape index (κ2) is 7.62. The van der Waals surface area contributed by atoms with Crippen molar-refractivity contribution < 1.29 is 4.79 Å². The van der Waals surface area contributed by atoms with Crippen LogP contribution >= 0.6 is 0 Å². The van der Waals surface area contributed by atoms with Crippen LogP contribution in [0.4, 0.5) is 4.79 Å². The molecule has 1 aromatic heterocycles. The summed E-state index contributed by atoms with van der Waals surface area (Å²) in [6, 6.07) is 9.95. The summed E-state index contributed by atoms with van der Waals surface area (Å²) in [6.07, 6.45) is 1.83. The molecule has 1 aliphatic heterocycles. The summed E-state index contributed by atoms with van der Waals surface area (Å²) in [7, 11) is 0. The molecule has 2 heterocycles. The molecule has 3 unspecified atom stereocenters. The van der Waals surface area contributed by atoms with Crippen molar-refractivity contribution in [1.29, 1.82) is 0 Å². The van der Waals surface area contributed by atoms with E-state index in [1.807, 2.05) is 43.5 Å². The van der Waals surface area contributed by atoms with Crippen LogP contribution < -0.4 is 21.5 Å². The molecule has 2 amide bonds. The number of rotatable bonds is 5. The van der Waals surface area contributed by atoms with E-state index < -0.39 is 0 Å². The number of carbonyl (C=O) groups is 1. The van der Waals surface area contributed by atoms with Crippen molar-refractivity contribution >= 4 is 6.03 Å². The van der Waals surface area contributed by atoms with E-state index in [1.165, 1.54) is 0 Å². The number of benzene rings is 1. The molecule has 1 saturated heterocycles. The highest BCUT2D eigenvalue weighted by Gasteiger charge is 2.29. The van der Waals surface area contributed by atoms with E-state index in [0.717, 1.165) is 5.69 Å². The average Bonchev–Trinajstić information content (AvgIpc) is 3.22. The molecule has 134 valence electrons. The smallest absolute Gasteiger partial charge is 0.315 e. The molecule has 8 nitrogen and oxygen atoms in total. The van der Waals surface area contributed by atoms with Crippen LogP contribution in [0, 0.1) is 5.92 Å². The Kier molecular flexibility index (Phi) is 5.30. The summed E-state index contributed by atoms with van der Waals surface area (Å²) in [5, 5.41) is 14.1. The Hall–Kier alpha value is -2.45. The van der Waals surface area contributed by atoms with Crippen LogP contribution in [0.1, 0.15) is 32.5 Å². The standard InChI is InChI=1S/C17H25N7O/c1-11-15(12(2)21-20-11)9-18-17(25)19-13(3)16-10-24(23-22-16)14-7-5-4-6-8-14/h4-8,10-13,15,20-21H,9H2,1-3H3,(H2,18,19,25). The third-order valence-corrected chi connectivity index (χ3v) is 4.64. The first-order valence-corrected chi connectivity index (χ1v) is 8.57. The number of nitrogens with one attached hydrogen (secondary N) is 4. The molecule has 3 rings (SSSR count). The van der Waals surface area contributed by atoms with Gasteiger partial charge in [-0.15, -0.1) is 5.10 Å². The maximum absolute atomic E-state index is 12.2. The fourth-order valence-corrected chi connectivity index (χ4v) is 2.98. The average molecular weight is 343 g/mol. The Bertz CT molecular complexity index is 692. The van der Waals surface area contributed by atoms with Crippen molar-refractivity contribution in [2.45, 2.75) is 38.9 Å². The molecule has 2 aromatic rings. The van der Waals surface area contributed by atoms with Crippen molar-refractivity contribution in [3.8, 4) is 5.69 Å². The molecular formula is C17H25N7O. The summed E-state index contributed by atoms with van der Waals surface area (Å²) < 4.78 is 1.70. The number of hydrogen-bond donors (Lipinski definition) is 4. The molecule has 1 fully saturated rings. The second-order valence-electron chi connectivity index (χ2n) is 6.53. The molecule has 0 aliphatic carbocycles. The molecule has 0 saturated carbocycles. The molecule has 3 atom stereocenters. The van der Waals surface area contributed by atoms with Crippen molar-refractivity contribution in [2.24, 2.45) is 5.92 Å². The lowest BCUT2D eigenvalue weighted by Gasteiger charge is -2.19. The lowest BCUT2D eigenvalue weighted by Crippen LogP contribution is -2.42. The van der Waals surface area contributed by atoms with Crippen molar-refractivity contribution in [3.05, 3.63) is 42.2 Å². The second-order valence-corrected chi connectivity index (χ2v) is 6.53. The summed E-state index contributed by atoms with van der Waals surface area (Å²) in [5.41, 5.74) is 8.02. The zero-order valence-electron chi connectivity index (χ0n) is 14.7. The van der Waals surface area contributed by atoms with Crippen LogP contribution in [0.5, 0.6) is 0 Å². The topological polar surface area (TPSA) is 95.9 Å². The van der Waals surface area contributed by atoms with E-state index in [1.54, 1.807) is 4.68 Å². The van der Waals surface area contributed by atoms with Crippen LogP contribution in [0.3, 0.4) is 0 Å². The first kappa shape index (κ1) is 17.4. The highest BCUT2D eigenvalue weighted by atomic mass is 16.2. The fourth-order valence-electron chi connectivity index (χ4n) is 2.98. The third kappa shape index (κ3) is 4.15. The number of para-hydroxylation sites is 1. The maximum Gasteiger partial charge on any atom is 0.315 e. The highest BCUT2D eigenvalue weighted by Crippen LogP contribution is 2.14. The number of aromatic nitrogens is 3. The van der Waals surface area contributed by atoms with Gasteiger partial charge in [0.25, 0.3) is 0 Å². The number of amides is 2. The largest absolute Gasteiger partial charge is 0.338 e. The summed E-state index contributed by atoms with van der Waals surface area (Å²) >= 11 is 0. The Morgan fingerprint density at radius 2 is 1.92 bits per heavy atom. The normalized spacial score (nSPS) is 24.0. The first-order chi connectivity index (χ1) is 12.0. The predicted molar refractivity (Wildman–Crippen MR) is 95.0 cm³/mol. The first-order valence-electron chi connectivity index (χ1n) is 8.57. The van der Waals surface area contributed by atoms with Crippen molar-refractivity contribution in [3.63, 3.8) is 0 Å². The van der Waals surface area contributed by atoms with Gasteiger partial charge in [0.1, 0.15) is 5.69 Å². The maximum atomic E-state index is 12.2. The number of carbonyl (C=O) groups excluding carboxylic acids is 1. The van der Waals surface area contributed by atoms with Gasteiger partial charge in [0.2, 0.25) is 0 Å². The quantitative estimate of drug-likeness (QED) is 0.653. The molecule has 1 aromatic carbocycles. The highest BCUT2D eigenvalue weighted by molar-refractivity contribution is 5.74. The van der Waals surface area contributed by atoms with Gasteiger partial charge in [-0.2, -0.15) is 0 Å². The third-order valence-electron chi connectivity index (χ3n) is 4.64. The van der Waals surface area contributed by atoms with Crippen molar-refractivity contribution in [2.75, 3.05) is 6.54 Å². The monoisotopic (exact) mass is 343 g/mol. The summed E-state index contributed by atoms with van der Waals surface area (Å²) in [4.78, 5) is 12.2. The minimum Gasteiger partial charge on any atom is -0.338 e. The molecule has 0 bridgehead atoms. The van der Waals surface area contributed by atoms with Crippen LogP contribution in [-0.2, 0) is 0 Å². The fraction of sp³-hybridized carbons (Fsp3) is 0.471. The Balaban J connectivity index is 1.53. The van der Waals surface area contributed by atoms with E-state index in [4.69, 9.17) is 0 Å². The van der Waals surface area contributed by atoms with Gasteiger partial charge in [0, 0.05) is 24.5 Å². The Labute approximate surface area is 147 Å². The van der Waals surface area contributed by atoms with Gasteiger partial charge in [-0.3, -0.25) is 10.9 Å². The molecule has 0 radical (unpaired) electrons. The molecule has 1 aliphatic rings. The molecular weight excluding hydrogens is 318 g/mol. The zero-order valence-corrected chi connectivity index (χ0v) is 14.7. The van der Waals surface area contributed by atoms with Gasteiger partial charge in [-0.25, -0.2) is 9.48 Å². The van der Waals surface area contributed by atoms with Crippen LogP contribution in [0.2, 0.25) is 0 Å². The minimum absolute atomic E-state index is 0.201. The van der Waals surface area contributed by atoms with Gasteiger partial charge < -0.3 is 10.6 Å². The van der Waals surface area contributed by atoms with E-state index in [0.29, 0.717) is 30.2 Å². The number of hydrazine groups is 1. The van der Waals surface area contributed by atoms with Gasteiger partial charge >= 0.3 is 6.03 Å². The molecule has 25 heavy (non-hydrogen) atoms. The Morgan fingerprint density at radius 1 is 1.24 bits per heavy atom. The van der Waals surface area contributed by atoms with Crippen LogP contribution in [0.15, 0.2) is 36.5 Å². The SMILES string of the molecule is CC(NC(=O)NCC1C(C)NNC1C)c1cn(-c2ccccc2)nn1. The Morgan fingerprint density at radius 3 is 2.60 bits per heavy atom. The van der Waals surface area contributed by atoms with Gasteiger partial charge in [0.15, 0.2) is 0 Å². The van der Waals surface area contributed by atoms with E-state index in [2.05, 4.69) is 45.6 Å². The van der Waals surface area contributed by atoms with Gasteiger partial charge in [-0.05, 0) is 32.9 Å². The van der Waals surface area contributed by atoms with Crippen LogP contribution in [-0.4, -0.2) is 39.7 Å². The van der Waals surface area contributed by atoms with Gasteiger partial charge in [0.05, 0.1) is 17.9 Å². The number of nitrogens with zero attached hydrogens (tertiary/aromatic N) is 3. The minimum atomic E-state index is -0.230. The lowest BCUT2D eigenvalue weighted by atomic mass is 9.97. The molecule has 8 heteroatoms. The number of hydrogen-bond acceptors (Lipinski definition) is 5. The van der Waals surface area contributed by atoms with Crippen molar-refractivity contribution in [1.82, 2.24) is 36.5 Å². The van der Waals surface area contributed by atoms with E-state index in [-0.39, 0.29) is 12.1 Å². The summed E-state index contributed by atoms with van der Waals surface area (Å²) in [6.45, 7) is 6.71. The predicted octanol–water partition coefficient (Wildman–Crippen LogP) is 1.13. The number of urea groups is 1. The lowest BCUT2D eigenvalue weighted by molar-refractivity contribution is 0.234. The van der Waals surface area contributed by atoms with Gasteiger partial charge in [-0.1, -0.05) is 23.4 Å². The van der Waals surface area contributed by atoms with Crippen LogP contribution in [0.25, 0.3) is 5.69 Å². The molecule has 0 spiro atoms.